The van der Waals surface area contributed by atoms with Crippen molar-refractivity contribution in [2.24, 2.45) is 5.92 Å². The van der Waals surface area contributed by atoms with Crippen molar-refractivity contribution in [3.05, 3.63) is 64.9 Å². The van der Waals surface area contributed by atoms with Crippen LogP contribution in [0.15, 0.2) is 48.7 Å². The van der Waals surface area contributed by atoms with Crippen LogP contribution in [-0.4, -0.2) is 40.7 Å². The van der Waals surface area contributed by atoms with Gasteiger partial charge < -0.3 is 15.3 Å². The number of likely N-dealkylation sites (tertiary alicyclic amines) is 1. The van der Waals surface area contributed by atoms with Crippen LogP contribution in [0.4, 0.5) is 4.79 Å². The van der Waals surface area contributed by atoms with Crippen molar-refractivity contribution in [2.75, 3.05) is 19.6 Å². The summed E-state index contributed by atoms with van der Waals surface area (Å²) < 4.78 is 0. The van der Waals surface area contributed by atoms with Gasteiger partial charge in [0.15, 0.2) is 0 Å². The number of rotatable bonds is 5. The van der Waals surface area contributed by atoms with Gasteiger partial charge in [0, 0.05) is 30.9 Å². The molecule has 3 rings (SSSR count). The van der Waals surface area contributed by atoms with Gasteiger partial charge in [-0.25, -0.2) is 4.79 Å². The molecule has 0 bridgehead atoms. The van der Waals surface area contributed by atoms with Crippen LogP contribution >= 0.6 is 11.6 Å². The molecule has 2 aromatic rings. The third-order valence-electron chi connectivity index (χ3n) is 4.89. The van der Waals surface area contributed by atoms with E-state index in [0.717, 1.165) is 23.4 Å². The van der Waals surface area contributed by atoms with E-state index in [1.54, 1.807) is 6.20 Å². The summed E-state index contributed by atoms with van der Waals surface area (Å²) in [6, 6.07) is 13.2. The Morgan fingerprint density at radius 2 is 1.96 bits per heavy atom. The fraction of sp³-hybridized carbons (Fsp3) is 0.400. The van der Waals surface area contributed by atoms with Gasteiger partial charge >= 0.3 is 6.03 Å². The minimum atomic E-state index is -0.568. The lowest BCUT2D eigenvalue weighted by molar-refractivity contribution is 0.0636. The van der Waals surface area contributed by atoms with Gasteiger partial charge in [-0.1, -0.05) is 35.9 Å². The highest BCUT2D eigenvalue weighted by Gasteiger charge is 2.28. The molecule has 0 unspecified atom stereocenters. The molecule has 138 valence electrons. The summed E-state index contributed by atoms with van der Waals surface area (Å²) in [5.74, 6) is 0.136. The number of carbonyl (C=O) groups is 1. The maximum atomic E-state index is 12.3. The monoisotopic (exact) mass is 373 g/mol. The van der Waals surface area contributed by atoms with Gasteiger partial charge in [0.05, 0.1) is 11.8 Å². The van der Waals surface area contributed by atoms with Gasteiger partial charge in [-0.2, -0.15) is 0 Å². The fourth-order valence-electron chi connectivity index (χ4n) is 3.33. The van der Waals surface area contributed by atoms with Gasteiger partial charge in [-0.15, -0.1) is 0 Å². The topological polar surface area (TPSA) is 65.5 Å². The van der Waals surface area contributed by atoms with Gasteiger partial charge in [-0.3, -0.25) is 4.98 Å². The summed E-state index contributed by atoms with van der Waals surface area (Å²) in [5.41, 5.74) is 1.74. The first-order valence-electron chi connectivity index (χ1n) is 9.00. The van der Waals surface area contributed by atoms with Crippen LogP contribution in [0, 0.1) is 5.92 Å². The van der Waals surface area contributed by atoms with E-state index in [1.165, 1.54) is 0 Å². The van der Waals surface area contributed by atoms with Gasteiger partial charge in [0.1, 0.15) is 0 Å². The number of pyridine rings is 1. The van der Waals surface area contributed by atoms with Crippen molar-refractivity contribution in [1.82, 2.24) is 15.2 Å². The second kappa shape index (κ2) is 9.01. The molecule has 2 N–H and O–H groups in total. The van der Waals surface area contributed by atoms with Crippen LogP contribution in [0.5, 0.6) is 0 Å². The number of hydrogen-bond acceptors (Lipinski definition) is 3. The first kappa shape index (κ1) is 18.7. The van der Waals surface area contributed by atoms with Crippen LogP contribution in [0.25, 0.3) is 0 Å². The van der Waals surface area contributed by atoms with Crippen LogP contribution < -0.4 is 5.32 Å². The molecule has 1 aliphatic rings. The van der Waals surface area contributed by atoms with Crippen molar-refractivity contribution >= 4 is 17.6 Å². The number of aliphatic hydroxyl groups excluding tert-OH is 1. The Kier molecular flexibility index (Phi) is 6.47. The number of nitrogens with one attached hydrogen (secondary N) is 1. The zero-order chi connectivity index (χ0) is 18.4. The second-order valence-electron chi connectivity index (χ2n) is 6.60. The van der Waals surface area contributed by atoms with Gasteiger partial charge in [0.2, 0.25) is 0 Å². The molecule has 1 aliphatic heterocycles. The quantitative estimate of drug-likeness (QED) is 0.843. The standard InChI is InChI=1S/C20H24ClN3O2/c21-17-6-2-1-5-15(17)8-12-23-20(26)24-13-9-16(10-14-24)19(25)18-7-3-4-11-22-18/h1-7,11,16,19,25H,8-10,12-14H2,(H,23,26)/t19-/m1/s1. The number of urea groups is 1. The lowest BCUT2D eigenvalue weighted by Crippen LogP contribution is -2.45. The molecule has 0 saturated carbocycles. The normalized spacial score (nSPS) is 16.3. The summed E-state index contributed by atoms with van der Waals surface area (Å²) in [5, 5.41) is 14.2. The number of nitrogens with zero attached hydrogens (tertiary/aromatic N) is 2. The third kappa shape index (κ3) is 4.74. The maximum absolute atomic E-state index is 12.3. The summed E-state index contributed by atoms with van der Waals surface area (Å²) in [4.78, 5) is 18.4. The van der Waals surface area contributed by atoms with E-state index < -0.39 is 6.10 Å². The molecule has 1 saturated heterocycles. The largest absolute Gasteiger partial charge is 0.387 e. The molecule has 26 heavy (non-hydrogen) atoms. The van der Waals surface area contributed by atoms with Crippen LogP contribution in [0.3, 0.4) is 0 Å². The average Bonchev–Trinajstić information content (AvgIpc) is 2.69. The molecule has 1 atom stereocenters. The van der Waals surface area contributed by atoms with E-state index in [1.807, 2.05) is 47.4 Å². The number of benzene rings is 1. The Labute approximate surface area is 159 Å². The molecule has 5 nitrogen and oxygen atoms in total. The smallest absolute Gasteiger partial charge is 0.317 e. The number of halogens is 1. The Bertz CT molecular complexity index is 718. The highest BCUT2D eigenvalue weighted by Crippen LogP contribution is 2.29. The molecule has 1 aromatic heterocycles. The summed E-state index contributed by atoms with van der Waals surface area (Å²) >= 11 is 6.13. The highest BCUT2D eigenvalue weighted by atomic mass is 35.5. The number of piperidine rings is 1. The Hall–Kier alpha value is -2.11. The lowest BCUT2D eigenvalue weighted by Gasteiger charge is -2.34. The third-order valence-corrected chi connectivity index (χ3v) is 5.26. The molecule has 0 spiro atoms. The zero-order valence-corrected chi connectivity index (χ0v) is 15.4. The van der Waals surface area contributed by atoms with E-state index in [2.05, 4.69) is 10.3 Å². The number of aliphatic hydroxyl groups is 1. The van der Waals surface area contributed by atoms with Gasteiger partial charge in [-0.05, 0) is 48.9 Å². The van der Waals surface area contributed by atoms with E-state index in [-0.39, 0.29) is 11.9 Å². The Balaban J connectivity index is 1.43. The predicted molar refractivity (Wildman–Crippen MR) is 102 cm³/mol. The van der Waals surface area contributed by atoms with Crippen molar-refractivity contribution in [3.8, 4) is 0 Å². The number of carbonyl (C=O) groups excluding carboxylic acids is 1. The molecule has 0 radical (unpaired) electrons. The van der Waals surface area contributed by atoms with E-state index in [0.29, 0.717) is 31.7 Å². The van der Waals surface area contributed by atoms with Crippen LogP contribution in [0.1, 0.15) is 30.2 Å². The number of aromatic nitrogens is 1. The van der Waals surface area contributed by atoms with E-state index in [9.17, 15) is 9.90 Å². The van der Waals surface area contributed by atoms with Crippen molar-refractivity contribution in [1.29, 1.82) is 0 Å². The molecule has 2 heterocycles. The Morgan fingerprint density at radius 3 is 2.65 bits per heavy atom. The predicted octanol–water partition coefficient (Wildman–Crippen LogP) is 3.43. The van der Waals surface area contributed by atoms with Gasteiger partial charge in [0.25, 0.3) is 0 Å². The average molecular weight is 374 g/mol. The minimum absolute atomic E-state index is 0.0529. The maximum Gasteiger partial charge on any atom is 0.317 e. The number of hydrogen-bond donors (Lipinski definition) is 2. The zero-order valence-electron chi connectivity index (χ0n) is 14.6. The molecular weight excluding hydrogens is 350 g/mol. The SMILES string of the molecule is O=C(NCCc1ccccc1Cl)N1CCC([C@@H](O)c2ccccn2)CC1. The molecule has 1 aromatic carbocycles. The van der Waals surface area contributed by atoms with Crippen LogP contribution in [0.2, 0.25) is 5.02 Å². The highest BCUT2D eigenvalue weighted by molar-refractivity contribution is 6.31. The molecule has 6 heteroatoms. The Morgan fingerprint density at radius 1 is 1.23 bits per heavy atom. The fourth-order valence-corrected chi connectivity index (χ4v) is 3.56. The van der Waals surface area contributed by atoms with Crippen molar-refractivity contribution in [2.45, 2.75) is 25.4 Å². The molecular formula is C20H24ClN3O2. The molecule has 1 fully saturated rings. The van der Waals surface area contributed by atoms with E-state index in [4.69, 9.17) is 11.6 Å². The first-order chi connectivity index (χ1) is 12.6. The number of amides is 2. The molecule has 2 amide bonds. The second-order valence-corrected chi connectivity index (χ2v) is 7.00. The summed E-state index contributed by atoms with van der Waals surface area (Å²) in [6.07, 6.45) is 3.38. The lowest BCUT2D eigenvalue weighted by atomic mass is 9.89. The first-order valence-corrected chi connectivity index (χ1v) is 9.38. The summed E-state index contributed by atoms with van der Waals surface area (Å²) in [6.45, 7) is 1.85. The van der Waals surface area contributed by atoms with Crippen molar-refractivity contribution in [3.63, 3.8) is 0 Å². The van der Waals surface area contributed by atoms with Crippen LogP contribution in [-0.2, 0) is 6.42 Å². The minimum Gasteiger partial charge on any atom is -0.387 e. The summed E-state index contributed by atoms with van der Waals surface area (Å²) in [7, 11) is 0. The molecule has 0 aliphatic carbocycles. The van der Waals surface area contributed by atoms with Crippen molar-refractivity contribution < 1.29 is 9.90 Å². The van der Waals surface area contributed by atoms with E-state index >= 15 is 0 Å².